The molecule has 2 aromatic rings. The van der Waals surface area contributed by atoms with E-state index in [1.807, 2.05) is 17.5 Å². The Kier molecular flexibility index (Phi) is 4.05. The second-order valence-electron chi connectivity index (χ2n) is 8.93. The smallest absolute Gasteiger partial charge is 0.232 e. The highest BCUT2D eigenvalue weighted by atomic mass is 32.1. The Hall–Kier alpha value is -2.28. The van der Waals surface area contributed by atoms with E-state index >= 15 is 0 Å². The molecule has 0 saturated heterocycles. The number of nitrogens with zero attached hydrogens (tertiary/aromatic N) is 2. The highest BCUT2D eigenvalue weighted by Gasteiger charge is 2.60. The van der Waals surface area contributed by atoms with E-state index in [9.17, 15) is 9.59 Å². The number of rotatable bonds is 4. The van der Waals surface area contributed by atoms with Crippen LogP contribution in [0.5, 0.6) is 0 Å². The third kappa shape index (κ3) is 3.02. The lowest BCUT2D eigenvalue weighted by Gasteiger charge is -2.61. The van der Waals surface area contributed by atoms with Crippen LogP contribution < -0.4 is 10.6 Å². The number of anilines is 1. The Balaban J connectivity index is 1.37. The molecule has 6 rings (SSSR count). The molecule has 146 valence electrons. The third-order valence-corrected chi connectivity index (χ3v) is 7.44. The van der Waals surface area contributed by atoms with Gasteiger partial charge >= 0.3 is 0 Å². The van der Waals surface area contributed by atoms with Crippen LogP contribution in [0.2, 0.25) is 0 Å². The van der Waals surface area contributed by atoms with Crippen LogP contribution in [0.15, 0.2) is 29.9 Å². The molecule has 2 amide bonds. The molecule has 4 saturated carbocycles. The Morgan fingerprint density at radius 2 is 1.86 bits per heavy atom. The van der Waals surface area contributed by atoms with Crippen molar-refractivity contribution in [2.24, 2.45) is 17.3 Å². The van der Waals surface area contributed by atoms with E-state index in [4.69, 9.17) is 0 Å². The second-order valence-corrected chi connectivity index (χ2v) is 9.79. The molecule has 0 radical (unpaired) electrons. The lowest BCUT2D eigenvalue weighted by molar-refractivity contribution is -0.148. The number of carbonyl (C=O) groups is 2. The summed E-state index contributed by atoms with van der Waals surface area (Å²) in [7, 11) is 0. The van der Waals surface area contributed by atoms with Crippen LogP contribution in [0.3, 0.4) is 0 Å². The van der Waals surface area contributed by atoms with E-state index in [2.05, 4.69) is 20.6 Å². The maximum atomic E-state index is 13.4. The van der Waals surface area contributed by atoms with Gasteiger partial charge < -0.3 is 10.6 Å². The van der Waals surface area contributed by atoms with Gasteiger partial charge in [-0.05, 0) is 62.5 Å². The molecule has 2 aromatic heterocycles. The topological polar surface area (TPSA) is 84.0 Å². The van der Waals surface area contributed by atoms with Gasteiger partial charge in [-0.3, -0.25) is 14.6 Å². The fraction of sp³-hybridized carbons (Fsp3) is 0.524. The van der Waals surface area contributed by atoms with Gasteiger partial charge in [-0.2, -0.15) is 0 Å². The van der Waals surface area contributed by atoms with Crippen LogP contribution in [0.25, 0.3) is 11.3 Å². The summed E-state index contributed by atoms with van der Waals surface area (Å²) in [5, 5.41) is 8.92. The summed E-state index contributed by atoms with van der Waals surface area (Å²) < 4.78 is 0. The largest absolute Gasteiger partial charge is 0.351 e. The Morgan fingerprint density at radius 3 is 2.54 bits per heavy atom. The number of nitrogens with one attached hydrogen (secondary N) is 2. The molecule has 28 heavy (non-hydrogen) atoms. The number of carbonyl (C=O) groups excluding carboxylic acids is 2. The van der Waals surface area contributed by atoms with Crippen molar-refractivity contribution >= 4 is 28.3 Å². The first-order valence-corrected chi connectivity index (χ1v) is 10.8. The number of pyridine rings is 1. The molecule has 4 atom stereocenters. The van der Waals surface area contributed by atoms with Crippen molar-refractivity contribution in [3.05, 3.63) is 29.9 Å². The average Bonchev–Trinajstić information content (AvgIpc) is 3.09. The molecule has 4 bridgehead atoms. The summed E-state index contributed by atoms with van der Waals surface area (Å²) in [5.74, 6) is 1.15. The van der Waals surface area contributed by atoms with Crippen molar-refractivity contribution < 1.29 is 9.59 Å². The van der Waals surface area contributed by atoms with E-state index in [1.54, 1.807) is 19.3 Å². The zero-order chi connectivity index (χ0) is 19.4. The highest BCUT2D eigenvalue weighted by Crippen LogP contribution is 2.61. The summed E-state index contributed by atoms with van der Waals surface area (Å²) >= 11 is 1.45. The van der Waals surface area contributed by atoms with Crippen molar-refractivity contribution in [3.63, 3.8) is 0 Å². The van der Waals surface area contributed by atoms with Crippen molar-refractivity contribution in [3.8, 4) is 11.3 Å². The minimum Gasteiger partial charge on any atom is -0.351 e. The molecule has 4 aliphatic carbocycles. The fourth-order valence-electron chi connectivity index (χ4n) is 6.26. The average molecular weight is 397 g/mol. The van der Waals surface area contributed by atoms with Gasteiger partial charge in [0.05, 0.1) is 11.1 Å². The minimum atomic E-state index is -0.380. The summed E-state index contributed by atoms with van der Waals surface area (Å²) in [6.45, 7) is 1.58. The molecule has 0 spiro atoms. The van der Waals surface area contributed by atoms with Crippen LogP contribution in [-0.2, 0) is 9.59 Å². The zero-order valence-electron chi connectivity index (χ0n) is 15.9. The Labute approximate surface area is 168 Å². The quantitative estimate of drug-likeness (QED) is 0.827. The Bertz CT molecular complexity index is 911. The van der Waals surface area contributed by atoms with E-state index < -0.39 is 0 Å². The maximum absolute atomic E-state index is 13.4. The Morgan fingerprint density at radius 1 is 1.14 bits per heavy atom. The first kappa shape index (κ1) is 17.8. The van der Waals surface area contributed by atoms with Crippen LogP contribution in [-0.4, -0.2) is 27.3 Å². The molecular formula is C21H24N4O2S. The number of hydrogen-bond acceptors (Lipinski definition) is 5. The monoisotopic (exact) mass is 396 g/mol. The fourth-order valence-corrected chi connectivity index (χ4v) is 6.98. The summed E-state index contributed by atoms with van der Waals surface area (Å²) in [6.07, 6.45) is 9.32. The van der Waals surface area contributed by atoms with Crippen LogP contribution in [0, 0.1) is 17.3 Å². The van der Waals surface area contributed by atoms with Crippen molar-refractivity contribution in [1.82, 2.24) is 15.3 Å². The molecule has 0 aliphatic heterocycles. The summed E-state index contributed by atoms with van der Waals surface area (Å²) in [4.78, 5) is 33.8. The number of hydrogen-bond donors (Lipinski definition) is 2. The van der Waals surface area contributed by atoms with Gasteiger partial charge in [0, 0.05) is 35.8 Å². The maximum Gasteiger partial charge on any atom is 0.232 e. The van der Waals surface area contributed by atoms with Crippen molar-refractivity contribution in [2.75, 3.05) is 5.32 Å². The summed E-state index contributed by atoms with van der Waals surface area (Å²) in [5.41, 5.74) is 1.27. The van der Waals surface area contributed by atoms with E-state index in [0.717, 1.165) is 43.4 Å². The predicted octanol–water partition coefficient (Wildman–Crippen LogP) is 3.62. The first-order valence-electron chi connectivity index (χ1n) is 9.92. The van der Waals surface area contributed by atoms with Gasteiger partial charge in [0.1, 0.15) is 0 Å². The first-order chi connectivity index (χ1) is 13.5. The SMILES string of the molecule is CC(=O)NC12C[C@H]3C[C@@H](C1)CC(C(=O)Nc1nc(-c4ccncc4)cs1)(C3)C2. The number of thiazole rings is 1. The summed E-state index contributed by atoms with van der Waals surface area (Å²) in [6, 6.07) is 3.83. The highest BCUT2D eigenvalue weighted by molar-refractivity contribution is 7.14. The number of aromatic nitrogens is 2. The molecule has 2 unspecified atom stereocenters. The van der Waals surface area contributed by atoms with Gasteiger partial charge in [-0.1, -0.05) is 0 Å². The lowest BCUT2D eigenvalue weighted by Crippen LogP contribution is -2.65. The van der Waals surface area contributed by atoms with E-state index in [0.29, 0.717) is 17.0 Å². The van der Waals surface area contributed by atoms with Gasteiger partial charge in [0.2, 0.25) is 11.8 Å². The van der Waals surface area contributed by atoms with Gasteiger partial charge in [0.15, 0.2) is 5.13 Å². The molecule has 2 N–H and O–H groups in total. The van der Waals surface area contributed by atoms with Crippen LogP contribution in [0.4, 0.5) is 5.13 Å². The molecule has 6 nitrogen and oxygen atoms in total. The van der Waals surface area contributed by atoms with Gasteiger partial charge in [0.25, 0.3) is 0 Å². The molecule has 4 aliphatic rings. The van der Waals surface area contributed by atoms with Crippen molar-refractivity contribution in [1.29, 1.82) is 0 Å². The van der Waals surface area contributed by atoms with Crippen molar-refractivity contribution in [2.45, 2.75) is 51.0 Å². The van der Waals surface area contributed by atoms with Gasteiger partial charge in [-0.15, -0.1) is 11.3 Å². The number of amides is 2. The molecule has 2 heterocycles. The van der Waals surface area contributed by atoms with Crippen LogP contribution >= 0.6 is 11.3 Å². The minimum absolute atomic E-state index is 0.0134. The zero-order valence-corrected chi connectivity index (χ0v) is 16.7. The normalized spacial score (nSPS) is 32.9. The molecular weight excluding hydrogens is 372 g/mol. The molecule has 4 fully saturated rings. The van der Waals surface area contributed by atoms with Crippen LogP contribution in [0.1, 0.15) is 45.4 Å². The van der Waals surface area contributed by atoms with E-state index in [-0.39, 0.29) is 22.8 Å². The third-order valence-electron chi connectivity index (χ3n) is 6.68. The molecule has 7 heteroatoms. The molecule has 0 aromatic carbocycles. The second kappa shape index (κ2) is 6.37. The predicted molar refractivity (Wildman–Crippen MR) is 108 cm³/mol. The van der Waals surface area contributed by atoms with Gasteiger partial charge in [-0.25, -0.2) is 4.98 Å². The standard InChI is InChI=1S/C21H24N4O2S/c1-13(26)25-21-9-14-6-15(10-21)8-20(7-14,12-21)18(27)24-19-23-17(11-28-19)16-2-4-22-5-3-16/h2-5,11,14-15H,6-10,12H2,1H3,(H,25,26)(H,23,24,27)/t14-,15+,20?,21?. The lowest BCUT2D eigenvalue weighted by atomic mass is 9.46. The van der Waals surface area contributed by atoms with E-state index in [1.165, 1.54) is 17.8 Å².